The van der Waals surface area contributed by atoms with Gasteiger partial charge < -0.3 is 14.2 Å². The molecule has 2 aromatic heterocycles. The van der Waals surface area contributed by atoms with Crippen molar-refractivity contribution in [2.45, 2.75) is 13.2 Å². The zero-order chi connectivity index (χ0) is 30.3. The lowest BCUT2D eigenvalue weighted by molar-refractivity contribution is 0.101. The molecule has 220 valence electrons. The average molecular weight is 631 g/mol. The average Bonchev–Trinajstić information content (AvgIpc) is 3.69. The Morgan fingerprint density at radius 2 is 1.02 bits per heavy atom. The van der Waals surface area contributed by atoms with Gasteiger partial charge in [-0.15, -0.1) is 0 Å². The lowest BCUT2D eigenvalue weighted by Crippen LogP contribution is -2.11. The summed E-state index contributed by atoms with van der Waals surface area (Å²) in [5.41, 5.74) is 4.47. The molecule has 0 atom stereocenters. The van der Waals surface area contributed by atoms with Gasteiger partial charge in [-0.3, -0.25) is 20.2 Å². The third-order valence-corrected chi connectivity index (χ3v) is 9.19. The molecule has 6 aromatic rings. The number of aromatic nitrogens is 2. The van der Waals surface area contributed by atoms with Gasteiger partial charge in [0.15, 0.2) is 10.3 Å². The summed E-state index contributed by atoms with van der Waals surface area (Å²) in [6, 6.07) is 29.1. The molecule has 0 unspecified atom stereocenters. The van der Waals surface area contributed by atoms with Crippen molar-refractivity contribution in [1.82, 2.24) is 9.97 Å². The molecule has 0 aliphatic carbocycles. The predicted octanol–water partition coefficient (Wildman–Crippen LogP) is 8.02. The quantitative estimate of drug-likeness (QED) is 0.192. The third-order valence-electron chi connectivity index (χ3n) is 7.31. The van der Waals surface area contributed by atoms with Crippen LogP contribution in [-0.2, 0) is 13.2 Å². The summed E-state index contributed by atoms with van der Waals surface area (Å²) < 4.78 is 17.5. The number of carbonyl (C=O) groups excluding carboxylic acids is 2. The second-order valence-electron chi connectivity index (χ2n) is 10.2. The van der Waals surface area contributed by atoms with Gasteiger partial charge in [-0.05, 0) is 72.8 Å². The summed E-state index contributed by atoms with van der Waals surface area (Å²) >= 11 is 2.81. The fourth-order valence-electron chi connectivity index (χ4n) is 5.11. The van der Waals surface area contributed by atoms with Crippen LogP contribution in [0, 0.1) is 0 Å². The minimum Gasteiger partial charge on any atom is -0.487 e. The summed E-state index contributed by atoms with van der Waals surface area (Å²) in [4.78, 5) is 37.1. The standard InChI is InChI=1S/C34H22N4O5S2/c39-31(37-33-35-29-23-5-1-3-7-25(23)41-17-27(29)44-33)19-9-13-21(14-10-19)43-22-15-11-20(12-16-22)32(40)38-34-36-30-24-6-2-4-8-26(24)42-18-28(30)45-34/h1-16H,17-18H2,(H,35,37,39)(H,36,38,40). The van der Waals surface area contributed by atoms with E-state index >= 15 is 0 Å². The van der Waals surface area contributed by atoms with Gasteiger partial charge in [0.1, 0.15) is 36.2 Å². The van der Waals surface area contributed by atoms with Crippen LogP contribution >= 0.6 is 22.7 Å². The molecule has 2 aliphatic rings. The minimum absolute atomic E-state index is 0.268. The number of amides is 2. The maximum absolute atomic E-state index is 12.9. The lowest BCUT2D eigenvalue weighted by atomic mass is 10.1. The van der Waals surface area contributed by atoms with Gasteiger partial charge >= 0.3 is 0 Å². The third kappa shape index (κ3) is 5.28. The van der Waals surface area contributed by atoms with Crippen molar-refractivity contribution in [1.29, 1.82) is 0 Å². The molecule has 0 saturated carbocycles. The molecule has 0 saturated heterocycles. The number of carbonyl (C=O) groups is 2. The Bertz CT molecular complexity index is 1940. The lowest BCUT2D eigenvalue weighted by Gasteiger charge is -2.15. The number of ether oxygens (including phenoxy) is 3. The Morgan fingerprint density at radius 1 is 0.600 bits per heavy atom. The second-order valence-corrected chi connectivity index (χ2v) is 12.4. The van der Waals surface area contributed by atoms with E-state index in [1.54, 1.807) is 48.5 Å². The van der Waals surface area contributed by atoms with Crippen molar-refractivity contribution in [2.75, 3.05) is 10.6 Å². The van der Waals surface area contributed by atoms with Gasteiger partial charge in [0.25, 0.3) is 11.8 Å². The van der Waals surface area contributed by atoms with Crippen LogP contribution in [-0.4, -0.2) is 21.8 Å². The highest BCUT2D eigenvalue weighted by Gasteiger charge is 2.24. The van der Waals surface area contributed by atoms with Crippen molar-refractivity contribution in [3.05, 3.63) is 118 Å². The van der Waals surface area contributed by atoms with E-state index in [2.05, 4.69) is 20.6 Å². The van der Waals surface area contributed by atoms with Crippen LogP contribution in [0.3, 0.4) is 0 Å². The number of anilines is 2. The number of benzene rings is 4. The first-order valence-electron chi connectivity index (χ1n) is 14.0. The molecule has 9 nitrogen and oxygen atoms in total. The zero-order valence-electron chi connectivity index (χ0n) is 23.4. The summed E-state index contributed by atoms with van der Waals surface area (Å²) in [5.74, 6) is 2.15. The van der Waals surface area contributed by atoms with E-state index in [0.717, 1.165) is 43.8 Å². The molecule has 2 amide bonds. The maximum atomic E-state index is 12.9. The molecule has 4 aromatic carbocycles. The second kappa shape index (κ2) is 11.2. The number of hydrogen-bond donors (Lipinski definition) is 2. The molecule has 0 spiro atoms. The number of hydrogen-bond acceptors (Lipinski definition) is 9. The number of fused-ring (bicyclic) bond motifs is 6. The van der Waals surface area contributed by atoms with E-state index in [9.17, 15) is 9.59 Å². The van der Waals surface area contributed by atoms with Crippen molar-refractivity contribution < 1.29 is 23.8 Å². The molecule has 0 fully saturated rings. The summed E-state index contributed by atoms with van der Waals surface area (Å²) in [6.07, 6.45) is 0. The number of rotatable bonds is 6. The van der Waals surface area contributed by atoms with E-state index in [0.29, 0.717) is 46.1 Å². The SMILES string of the molecule is O=C(Nc1nc2c(s1)COc1ccccc1-2)c1ccc(Oc2ccc(C(=O)Nc3nc4c(s3)COc3ccccc3-4)cc2)cc1. The summed E-state index contributed by atoms with van der Waals surface area (Å²) in [6.45, 7) is 0.854. The molecule has 4 heterocycles. The molecule has 2 aliphatic heterocycles. The fourth-order valence-corrected chi connectivity index (χ4v) is 6.88. The monoisotopic (exact) mass is 630 g/mol. The van der Waals surface area contributed by atoms with E-state index in [4.69, 9.17) is 14.2 Å². The molecule has 11 heteroatoms. The van der Waals surface area contributed by atoms with Crippen LogP contribution in [0.25, 0.3) is 22.5 Å². The van der Waals surface area contributed by atoms with Crippen molar-refractivity contribution >= 4 is 44.8 Å². The number of nitrogens with one attached hydrogen (secondary N) is 2. The van der Waals surface area contributed by atoms with Gasteiger partial charge in [-0.2, -0.15) is 0 Å². The Morgan fingerprint density at radius 3 is 1.47 bits per heavy atom. The van der Waals surface area contributed by atoms with Gasteiger partial charge in [0, 0.05) is 22.3 Å². The van der Waals surface area contributed by atoms with Crippen LogP contribution in [0.15, 0.2) is 97.1 Å². The van der Waals surface area contributed by atoms with Gasteiger partial charge in [0.05, 0.1) is 21.1 Å². The minimum atomic E-state index is -0.268. The van der Waals surface area contributed by atoms with Gasteiger partial charge in [-0.25, -0.2) is 9.97 Å². The number of nitrogens with zero attached hydrogens (tertiary/aromatic N) is 2. The highest BCUT2D eigenvalue weighted by Crippen LogP contribution is 2.42. The van der Waals surface area contributed by atoms with Crippen molar-refractivity contribution in [2.24, 2.45) is 0 Å². The molecule has 8 rings (SSSR count). The molecule has 45 heavy (non-hydrogen) atoms. The number of thiazole rings is 2. The molecule has 0 bridgehead atoms. The first-order chi connectivity index (χ1) is 22.1. The zero-order valence-corrected chi connectivity index (χ0v) is 25.0. The van der Waals surface area contributed by atoms with Crippen LogP contribution in [0.5, 0.6) is 23.0 Å². The topological polar surface area (TPSA) is 112 Å². The van der Waals surface area contributed by atoms with E-state index < -0.39 is 0 Å². The van der Waals surface area contributed by atoms with Crippen LogP contribution in [0.4, 0.5) is 10.3 Å². The normalized spacial score (nSPS) is 12.4. The number of para-hydroxylation sites is 2. The van der Waals surface area contributed by atoms with E-state index in [-0.39, 0.29) is 11.8 Å². The molecular weight excluding hydrogens is 609 g/mol. The Hall–Kier alpha value is -5.52. The molecule has 0 radical (unpaired) electrons. The fraction of sp³-hybridized carbons (Fsp3) is 0.0588. The smallest absolute Gasteiger partial charge is 0.257 e. The van der Waals surface area contributed by atoms with Crippen molar-refractivity contribution in [3.63, 3.8) is 0 Å². The molecule has 2 N–H and O–H groups in total. The first kappa shape index (κ1) is 27.1. The van der Waals surface area contributed by atoms with E-state index in [1.165, 1.54) is 22.7 Å². The summed E-state index contributed by atoms with van der Waals surface area (Å²) in [7, 11) is 0. The van der Waals surface area contributed by atoms with Crippen LogP contribution < -0.4 is 24.8 Å². The van der Waals surface area contributed by atoms with Crippen LogP contribution in [0.1, 0.15) is 30.5 Å². The molecular formula is C34H22N4O5S2. The first-order valence-corrected chi connectivity index (χ1v) is 15.7. The predicted molar refractivity (Wildman–Crippen MR) is 173 cm³/mol. The van der Waals surface area contributed by atoms with Crippen LogP contribution in [0.2, 0.25) is 0 Å². The van der Waals surface area contributed by atoms with Crippen molar-refractivity contribution in [3.8, 4) is 45.5 Å². The Kier molecular flexibility index (Phi) is 6.73. The largest absolute Gasteiger partial charge is 0.487 e. The van der Waals surface area contributed by atoms with Gasteiger partial charge in [-0.1, -0.05) is 46.9 Å². The highest BCUT2D eigenvalue weighted by molar-refractivity contribution is 7.16. The maximum Gasteiger partial charge on any atom is 0.257 e. The Labute approximate surface area is 265 Å². The Balaban J connectivity index is 0.889. The van der Waals surface area contributed by atoms with E-state index in [1.807, 2.05) is 48.5 Å². The van der Waals surface area contributed by atoms with Gasteiger partial charge in [0.2, 0.25) is 0 Å². The highest BCUT2D eigenvalue weighted by atomic mass is 32.1. The summed E-state index contributed by atoms with van der Waals surface area (Å²) in [5, 5.41) is 6.82.